The third kappa shape index (κ3) is 3.99. The Morgan fingerprint density at radius 2 is 2.05 bits per heavy atom. The molecule has 1 fully saturated rings. The molecule has 1 aromatic carbocycles. The summed E-state index contributed by atoms with van der Waals surface area (Å²) in [5.41, 5.74) is 2.31. The monoisotopic (exact) mass is 275 g/mol. The van der Waals surface area contributed by atoms with Gasteiger partial charge in [0.15, 0.2) is 6.61 Å². The maximum absolute atomic E-state index is 11.9. The van der Waals surface area contributed by atoms with Gasteiger partial charge in [0, 0.05) is 6.04 Å². The Morgan fingerprint density at radius 1 is 1.35 bits per heavy atom. The Bertz CT molecular complexity index is 462. The molecule has 0 aliphatic heterocycles. The zero-order valence-corrected chi connectivity index (χ0v) is 12.7. The maximum atomic E-state index is 11.9. The quantitative estimate of drug-likeness (QED) is 0.892. The largest absolute Gasteiger partial charge is 0.483 e. The van der Waals surface area contributed by atoms with E-state index >= 15 is 0 Å². The van der Waals surface area contributed by atoms with E-state index in [4.69, 9.17) is 4.74 Å². The number of hydrogen-bond acceptors (Lipinski definition) is 2. The van der Waals surface area contributed by atoms with Crippen LogP contribution in [0.5, 0.6) is 5.75 Å². The molecule has 3 nitrogen and oxygen atoms in total. The zero-order valence-electron chi connectivity index (χ0n) is 12.7. The van der Waals surface area contributed by atoms with Gasteiger partial charge in [-0.3, -0.25) is 4.79 Å². The molecule has 3 heteroatoms. The summed E-state index contributed by atoms with van der Waals surface area (Å²) >= 11 is 0. The summed E-state index contributed by atoms with van der Waals surface area (Å²) in [6, 6.07) is 6.57. The SMILES string of the molecule is Cc1ccc(C(C)C)cc1OCC(=O)NC1CCCC1. The summed E-state index contributed by atoms with van der Waals surface area (Å²) < 4.78 is 5.69. The second kappa shape index (κ2) is 6.78. The van der Waals surface area contributed by atoms with Crippen molar-refractivity contribution in [3.05, 3.63) is 29.3 Å². The van der Waals surface area contributed by atoms with Gasteiger partial charge in [0.2, 0.25) is 0 Å². The summed E-state index contributed by atoms with van der Waals surface area (Å²) in [6.07, 6.45) is 4.66. The van der Waals surface area contributed by atoms with Gasteiger partial charge in [0.05, 0.1) is 0 Å². The summed E-state index contributed by atoms with van der Waals surface area (Å²) in [5, 5.41) is 3.04. The van der Waals surface area contributed by atoms with E-state index in [0.717, 1.165) is 24.2 Å². The van der Waals surface area contributed by atoms with E-state index in [0.29, 0.717) is 12.0 Å². The van der Waals surface area contributed by atoms with Gasteiger partial charge < -0.3 is 10.1 Å². The molecule has 20 heavy (non-hydrogen) atoms. The maximum Gasteiger partial charge on any atom is 0.258 e. The van der Waals surface area contributed by atoms with Gasteiger partial charge in [0.25, 0.3) is 5.91 Å². The predicted octanol–water partition coefficient (Wildman–Crippen LogP) is 3.56. The average Bonchev–Trinajstić information content (AvgIpc) is 2.90. The minimum Gasteiger partial charge on any atom is -0.483 e. The number of aryl methyl sites for hydroxylation is 1. The van der Waals surface area contributed by atoms with Crippen LogP contribution in [0.25, 0.3) is 0 Å². The smallest absolute Gasteiger partial charge is 0.258 e. The molecule has 0 heterocycles. The normalized spacial score (nSPS) is 15.6. The molecule has 0 saturated heterocycles. The second-order valence-corrected chi connectivity index (χ2v) is 6.02. The number of hydrogen-bond donors (Lipinski definition) is 1. The number of nitrogens with one attached hydrogen (secondary N) is 1. The Hall–Kier alpha value is -1.51. The Labute approximate surface area is 121 Å². The van der Waals surface area contributed by atoms with E-state index in [9.17, 15) is 4.79 Å². The number of rotatable bonds is 5. The van der Waals surface area contributed by atoms with Crippen LogP contribution >= 0.6 is 0 Å². The minimum atomic E-state index is -0.00810. The first-order valence-electron chi connectivity index (χ1n) is 7.59. The number of benzene rings is 1. The molecular weight excluding hydrogens is 250 g/mol. The van der Waals surface area contributed by atoms with E-state index in [1.165, 1.54) is 18.4 Å². The van der Waals surface area contributed by atoms with Gasteiger partial charge >= 0.3 is 0 Å². The van der Waals surface area contributed by atoms with Gasteiger partial charge in [-0.05, 0) is 42.9 Å². The van der Waals surface area contributed by atoms with Crippen molar-refractivity contribution in [3.63, 3.8) is 0 Å². The number of carbonyl (C=O) groups excluding carboxylic acids is 1. The summed E-state index contributed by atoms with van der Waals surface area (Å²) in [7, 11) is 0. The van der Waals surface area contributed by atoms with Gasteiger partial charge in [-0.1, -0.05) is 38.8 Å². The minimum absolute atomic E-state index is 0.00810. The van der Waals surface area contributed by atoms with E-state index in [1.54, 1.807) is 0 Å². The van der Waals surface area contributed by atoms with Gasteiger partial charge in [-0.25, -0.2) is 0 Å². The first-order chi connectivity index (χ1) is 9.56. The first kappa shape index (κ1) is 14.9. The third-order valence-electron chi connectivity index (χ3n) is 3.96. The lowest BCUT2D eigenvalue weighted by Gasteiger charge is -2.15. The molecule has 110 valence electrons. The van der Waals surface area contributed by atoms with Crippen molar-refractivity contribution in [3.8, 4) is 5.75 Å². The molecule has 1 N–H and O–H groups in total. The molecule has 1 amide bonds. The molecule has 0 spiro atoms. The van der Waals surface area contributed by atoms with Gasteiger partial charge in [-0.15, -0.1) is 0 Å². The fourth-order valence-corrected chi connectivity index (χ4v) is 2.61. The van der Waals surface area contributed by atoms with E-state index < -0.39 is 0 Å². The lowest BCUT2D eigenvalue weighted by molar-refractivity contribution is -0.123. The Kier molecular flexibility index (Phi) is 5.05. The van der Waals surface area contributed by atoms with Crippen molar-refractivity contribution in [2.45, 2.75) is 58.4 Å². The van der Waals surface area contributed by atoms with Crippen LogP contribution in [-0.4, -0.2) is 18.6 Å². The molecule has 0 aromatic heterocycles. The first-order valence-corrected chi connectivity index (χ1v) is 7.59. The highest BCUT2D eigenvalue weighted by Gasteiger charge is 2.17. The molecule has 0 atom stereocenters. The molecule has 2 rings (SSSR count). The van der Waals surface area contributed by atoms with Gasteiger partial charge in [0.1, 0.15) is 5.75 Å². The van der Waals surface area contributed by atoms with Crippen molar-refractivity contribution in [1.82, 2.24) is 5.32 Å². The molecule has 0 radical (unpaired) electrons. The van der Waals surface area contributed by atoms with E-state index in [1.807, 2.05) is 13.0 Å². The number of carbonyl (C=O) groups is 1. The molecule has 0 bridgehead atoms. The van der Waals surface area contributed by atoms with Crippen molar-refractivity contribution in [2.75, 3.05) is 6.61 Å². The zero-order chi connectivity index (χ0) is 14.5. The average molecular weight is 275 g/mol. The standard InChI is InChI=1S/C17H25NO2/c1-12(2)14-9-8-13(3)16(10-14)20-11-17(19)18-15-6-4-5-7-15/h8-10,12,15H,4-7,11H2,1-3H3,(H,18,19). The fraction of sp³-hybridized carbons (Fsp3) is 0.588. The lowest BCUT2D eigenvalue weighted by Crippen LogP contribution is -2.36. The molecule has 1 aliphatic rings. The van der Waals surface area contributed by atoms with Crippen LogP contribution in [0.1, 0.15) is 56.6 Å². The van der Waals surface area contributed by atoms with E-state index in [2.05, 4.69) is 31.3 Å². The number of amides is 1. The molecule has 0 unspecified atom stereocenters. The highest BCUT2D eigenvalue weighted by atomic mass is 16.5. The highest BCUT2D eigenvalue weighted by molar-refractivity contribution is 5.77. The van der Waals surface area contributed by atoms with Crippen LogP contribution in [0.15, 0.2) is 18.2 Å². The second-order valence-electron chi connectivity index (χ2n) is 6.02. The van der Waals surface area contributed by atoms with Crippen LogP contribution in [0, 0.1) is 6.92 Å². The van der Waals surface area contributed by atoms with Crippen LogP contribution in [-0.2, 0) is 4.79 Å². The predicted molar refractivity (Wildman–Crippen MR) is 81.2 cm³/mol. The number of ether oxygens (including phenoxy) is 1. The Balaban J connectivity index is 1.89. The van der Waals surface area contributed by atoms with Crippen molar-refractivity contribution in [1.29, 1.82) is 0 Å². The van der Waals surface area contributed by atoms with Crippen molar-refractivity contribution < 1.29 is 9.53 Å². The summed E-state index contributed by atoms with van der Waals surface area (Å²) in [4.78, 5) is 11.9. The van der Waals surface area contributed by atoms with E-state index in [-0.39, 0.29) is 12.5 Å². The highest BCUT2D eigenvalue weighted by Crippen LogP contribution is 2.24. The Morgan fingerprint density at radius 3 is 2.70 bits per heavy atom. The molecule has 1 aliphatic carbocycles. The molecular formula is C17H25NO2. The molecule has 1 aromatic rings. The van der Waals surface area contributed by atoms with Crippen molar-refractivity contribution in [2.24, 2.45) is 0 Å². The van der Waals surface area contributed by atoms with Crippen molar-refractivity contribution >= 4 is 5.91 Å². The summed E-state index contributed by atoms with van der Waals surface area (Å²) in [6.45, 7) is 6.43. The molecule has 1 saturated carbocycles. The summed E-state index contributed by atoms with van der Waals surface area (Å²) in [5.74, 6) is 1.27. The van der Waals surface area contributed by atoms with Crippen LogP contribution in [0.3, 0.4) is 0 Å². The van der Waals surface area contributed by atoms with Crippen LogP contribution < -0.4 is 10.1 Å². The van der Waals surface area contributed by atoms with Gasteiger partial charge in [-0.2, -0.15) is 0 Å². The topological polar surface area (TPSA) is 38.3 Å². The van der Waals surface area contributed by atoms with Crippen LogP contribution in [0.2, 0.25) is 0 Å². The third-order valence-corrected chi connectivity index (χ3v) is 3.96. The lowest BCUT2D eigenvalue weighted by atomic mass is 10.0. The fourth-order valence-electron chi connectivity index (χ4n) is 2.61. The van der Waals surface area contributed by atoms with Crippen LogP contribution in [0.4, 0.5) is 0 Å².